The molecule has 8 nitrogen and oxygen atoms in total. The highest BCUT2D eigenvalue weighted by atomic mass is 16.6. The van der Waals surface area contributed by atoms with Gasteiger partial charge in [-0.1, -0.05) is 12.1 Å². The highest BCUT2D eigenvalue weighted by molar-refractivity contribution is 5.92. The van der Waals surface area contributed by atoms with Crippen molar-refractivity contribution in [2.45, 2.75) is 38.0 Å². The Kier molecular flexibility index (Phi) is 5.81. The molecule has 2 heterocycles. The van der Waals surface area contributed by atoms with Crippen molar-refractivity contribution in [2.75, 3.05) is 40.1 Å². The second-order valence-electron chi connectivity index (χ2n) is 8.03. The first-order valence-corrected chi connectivity index (χ1v) is 9.36. The Labute approximate surface area is 165 Å². The molecule has 2 fully saturated rings. The summed E-state index contributed by atoms with van der Waals surface area (Å²) >= 11 is 0. The van der Waals surface area contributed by atoms with Gasteiger partial charge in [0.2, 0.25) is 0 Å². The molecule has 1 aromatic rings. The Morgan fingerprint density at radius 2 is 1.93 bits per heavy atom. The van der Waals surface area contributed by atoms with E-state index in [-0.39, 0.29) is 25.7 Å². The van der Waals surface area contributed by atoms with Crippen molar-refractivity contribution in [3.05, 3.63) is 29.8 Å². The molecule has 2 aliphatic heterocycles. The molecule has 1 N–H and O–H groups in total. The summed E-state index contributed by atoms with van der Waals surface area (Å²) in [5, 5.41) is 3.02. The molecule has 28 heavy (non-hydrogen) atoms. The lowest BCUT2D eigenvalue weighted by molar-refractivity contribution is -0.146. The van der Waals surface area contributed by atoms with Crippen LogP contribution >= 0.6 is 0 Å². The lowest BCUT2D eigenvalue weighted by Crippen LogP contribution is -2.71. The van der Waals surface area contributed by atoms with Gasteiger partial charge in [-0.25, -0.2) is 4.79 Å². The maximum absolute atomic E-state index is 13.2. The van der Waals surface area contributed by atoms with Gasteiger partial charge in [-0.15, -0.1) is 0 Å². The molecule has 3 rings (SSSR count). The molecular formula is C20H28N2O6. The number of carbonyl (C=O) groups excluding carboxylic acids is 2. The average molecular weight is 392 g/mol. The third-order valence-electron chi connectivity index (χ3n) is 4.77. The highest BCUT2D eigenvalue weighted by Gasteiger charge is 2.53. The molecule has 0 aliphatic carbocycles. The Morgan fingerprint density at radius 1 is 1.25 bits per heavy atom. The molecule has 1 atom stereocenters. The summed E-state index contributed by atoms with van der Waals surface area (Å²) in [6.07, 6.45) is -0.565. The third kappa shape index (κ3) is 4.23. The predicted molar refractivity (Wildman–Crippen MR) is 101 cm³/mol. The molecule has 0 aromatic heterocycles. The van der Waals surface area contributed by atoms with Crippen LogP contribution in [0.15, 0.2) is 24.3 Å². The molecule has 2 aliphatic rings. The largest absolute Gasteiger partial charge is 0.497 e. The van der Waals surface area contributed by atoms with Gasteiger partial charge in [0.05, 0.1) is 39.6 Å². The first kappa shape index (κ1) is 20.4. The van der Waals surface area contributed by atoms with Gasteiger partial charge < -0.3 is 24.3 Å². The zero-order valence-electron chi connectivity index (χ0n) is 16.8. The molecule has 1 aromatic carbocycles. The quantitative estimate of drug-likeness (QED) is 0.827. The van der Waals surface area contributed by atoms with Gasteiger partial charge in [0.25, 0.3) is 5.91 Å². The van der Waals surface area contributed by atoms with E-state index >= 15 is 0 Å². The predicted octanol–water partition coefficient (Wildman–Crippen LogP) is 1.89. The van der Waals surface area contributed by atoms with Crippen molar-refractivity contribution < 1.29 is 28.5 Å². The van der Waals surface area contributed by atoms with Crippen molar-refractivity contribution in [1.29, 1.82) is 0 Å². The minimum atomic E-state index is -1.26. The van der Waals surface area contributed by atoms with Crippen molar-refractivity contribution in [3.63, 3.8) is 0 Å². The van der Waals surface area contributed by atoms with E-state index in [1.807, 2.05) is 24.3 Å². The van der Waals surface area contributed by atoms with Gasteiger partial charge >= 0.3 is 6.09 Å². The molecule has 1 spiro atoms. The number of carbonyl (C=O) groups is 2. The molecule has 0 saturated carbocycles. The van der Waals surface area contributed by atoms with E-state index in [1.54, 1.807) is 27.9 Å². The Balaban J connectivity index is 1.94. The van der Waals surface area contributed by atoms with Gasteiger partial charge in [0.1, 0.15) is 11.4 Å². The van der Waals surface area contributed by atoms with E-state index in [2.05, 4.69) is 5.32 Å². The molecule has 2 amide bonds. The number of amides is 2. The van der Waals surface area contributed by atoms with Crippen molar-refractivity contribution in [2.24, 2.45) is 0 Å². The van der Waals surface area contributed by atoms with E-state index in [9.17, 15) is 9.59 Å². The van der Waals surface area contributed by atoms with Crippen LogP contribution in [0.3, 0.4) is 0 Å². The lowest BCUT2D eigenvalue weighted by Gasteiger charge is -2.47. The van der Waals surface area contributed by atoms with E-state index in [4.69, 9.17) is 18.9 Å². The standard InChI is InChI=1S/C20H28N2O6/c1-19(2,3)28-18(24)22-11-16(14-6-5-7-15(10-14)25-4)21-17(23)20(22)12-26-8-9-27-13-20/h5-7,10,16H,8-9,11-13H2,1-4H3,(H,21,23). The third-order valence-corrected chi connectivity index (χ3v) is 4.77. The van der Waals surface area contributed by atoms with Crippen LogP contribution in [0.2, 0.25) is 0 Å². The van der Waals surface area contributed by atoms with E-state index in [0.717, 1.165) is 5.56 Å². The second-order valence-corrected chi connectivity index (χ2v) is 8.03. The lowest BCUT2D eigenvalue weighted by atomic mass is 9.91. The van der Waals surface area contributed by atoms with Crippen LogP contribution in [0, 0.1) is 0 Å². The van der Waals surface area contributed by atoms with E-state index < -0.39 is 23.3 Å². The zero-order chi connectivity index (χ0) is 20.4. The Morgan fingerprint density at radius 3 is 2.54 bits per heavy atom. The monoisotopic (exact) mass is 392 g/mol. The van der Waals surface area contributed by atoms with Crippen LogP contribution in [-0.4, -0.2) is 68.1 Å². The van der Waals surface area contributed by atoms with Crippen LogP contribution in [0.25, 0.3) is 0 Å². The number of benzene rings is 1. The first-order valence-electron chi connectivity index (χ1n) is 9.36. The molecule has 8 heteroatoms. The number of hydrogen-bond donors (Lipinski definition) is 1. The summed E-state index contributed by atoms with van der Waals surface area (Å²) < 4.78 is 22.1. The fourth-order valence-corrected chi connectivity index (χ4v) is 3.36. The Hall–Kier alpha value is -2.32. The van der Waals surface area contributed by atoms with Gasteiger partial charge in [0.15, 0.2) is 5.54 Å². The van der Waals surface area contributed by atoms with Gasteiger partial charge in [-0.3, -0.25) is 9.69 Å². The molecular weight excluding hydrogens is 364 g/mol. The van der Waals surface area contributed by atoms with Crippen LogP contribution in [0.5, 0.6) is 5.75 Å². The summed E-state index contributed by atoms with van der Waals surface area (Å²) in [6.45, 7) is 6.48. The first-order chi connectivity index (χ1) is 13.2. The van der Waals surface area contributed by atoms with Crippen LogP contribution in [0.1, 0.15) is 32.4 Å². The minimum absolute atomic E-state index is 0.0584. The van der Waals surface area contributed by atoms with Gasteiger partial charge in [-0.05, 0) is 38.5 Å². The summed E-state index contributed by atoms with van der Waals surface area (Å²) in [4.78, 5) is 27.7. The molecule has 154 valence electrons. The topological polar surface area (TPSA) is 86.3 Å². The molecule has 2 saturated heterocycles. The van der Waals surface area contributed by atoms with Crippen LogP contribution in [-0.2, 0) is 19.0 Å². The number of nitrogens with one attached hydrogen (secondary N) is 1. The van der Waals surface area contributed by atoms with Gasteiger partial charge in [0, 0.05) is 6.54 Å². The number of piperazine rings is 1. The normalized spacial score (nSPS) is 22.4. The number of nitrogens with zero attached hydrogens (tertiary/aromatic N) is 1. The fraction of sp³-hybridized carbons (Fsp3) is 0.600. The fourth-order valence-electron chi connectivity index (χ4n) is 3.36. The molecule has 0 bridgehead atoms. The summed E-state index contributed by atoms with van der Waals surface area (Å²) in [5.41, 5.74) is -1.11. The zero-order valence-corrected chi connectivity index (χ0v) is 16.8. The smallest absolute Gasteiger partial charge is 0.411 e. The number of ether oxygens (including phenoxy) is 4. The van der Waals surface area contributed by atoms with Gasteiger partial charge in [-0.2, -0.15) is 0 Å². The van der Waals surface area contributed by atoms with Crippen molar-refractivity contribution >= 4 is 12.0 Å². The van der Waals surface area contributed by atoms with Crippen molar-refractivity contribution in [3.8, 4) is 5.75 Å². The van der Waals surface area contributed by atoms with Crippen molar-refractivity contribution in [1.82, 2.24) is 10.2 Å². The number of methoxy groups -OCH3 is 1. The summed E-state index contributed by atoms with van der Waals surface area (Å²) in [5.74, 6) is 0.358. The average Bonchev–Trinajstić information content (AvgIpc) is 2.89. The Bertz CT molecular complexity index is 722. The summed E-state index contributed by atoms with van der Waals surface area (Å²) in [7, 11) is 1.58. The number of hydrogen-bond acceptors (Lipinski definition) is 6. The maximum atomic E-state index is 13.2. The highest BCUT2D eigenvalue weighted by Crippen LogP contribution is 2.32. The second kappa shape index (κ2) is 7.97. The van der Waals surface area contributed by atoms with E-state index in [1.165, 1.54) is 4.90 Å². The van der Waals surface area contributed by atoms with E-state index in [0.29, 0.717) is 19.0 Å². The molecule has 0 radical (unpaired) electrons. The summed E-state index contributed by atoms with van der Waals surface area (Å²) in [6, 6.07) is 7.01. The molecule has 1 unspecified atom stereocenters. The SMILES string of the molecule is COc1cccc(C2CN(C(=O)OC(C)(C)C)C3(COCCOC3)C(=O)N2)c1. The van der Waals surface area contributed by atoms with Crippen LogP contribution < -0.4 is 10.1 Å². The minimum Gasteiger partial charge on any atom is -0.497 e. The number of rotatable bonds is 2. The van der Waals surface area contributed by atoms with Crippen LogP contribution in [0.4, 0.5) is 4.79 Å². The maximum Gasteiger partial charge on any atom is 0.411 e.